The summed E-state index contributed by atoms with van der Waals surface area (Å²) >= 11 is 0. The molecule has 0 bridgehead atoms. The first-order valence-electron chi connectivity index (χ1n) is 8.42. The number of β-amino-alcohol motifs (C(OH)–C–C–N with tert-alkyl or cyclic N) is 1. The van der Waals surface area contributed by atoms with Crippen LogP contribution in [0.1, 0.15) is 39.0 Å². The Bertz CT molecular complexity index is 321. The molecule has 0 radical (unpaired) electrons. The van der Waals surface area contributed by atoms with Crippen molar-refractivity contribution in [2.45, 2.75) is 51.2 Å². The molecule has 2 aliphatic heterocycles. The molecule has 0 saturated carbocycles. The molecule has 2 N–H and O–H groups in total. The van der Waals surface area contributed by atoms with Gasteiger partial charge < -0.3 is 20.2 Å². The standard InChI is InChI=1S/C16H31N3O2/c1-13(20)11-19-8-5-14(6-9-19)12-18(2)16(21)10-15-4-3-7-17-15/h13-15,17,20H,3-12H2,1-2H3. The first kappa shape index (κ1) is 16.7. The smallest absolute Gasteiger partial charge is 0.223 e. The number of aliphatic hydroxyl groups excluding tert-OH is 1. The van der Waals surface area contributed by atoms with Crippen LogP contribution in [0.5, 0.6) is 0 Å². The fraction of sp³-hybridized carbons (Fsp3) is 0.938. The minimum Gasteiger partial charge on any atom is -0.392 e. The normalized spacial score (nSPS) is 26.0. The molecule has 5 heteroatoms. The molecule has 0 aromatic carbocycles. The number of carbonyl (C=O) groups excluding carboxylic acids is 1. The predicted molar refractivity (Wildman–Crippen MR) is 84.1 cm³/mol. The van der Waals surface area contributed by atoms with E-state index in [9.17, 15) is 9.90 Å². The number of amides is 1. The van der Waals surface area contributed by atoms with Crippen molar-refractivity contribution in [3.8, 4) is 0 Å². The fourth-order valence-electron chi connectivity index (χ4n) is 3.51. The fourth-order valence-corrected chi connectivity index (χ4v) is 3.51. The second kappa shape index (κ2) is 8.11. The van der Waals surface area contributed by atoms with Gasteiger partial charge in [-0.2, -0.15) is 0 Å². The van der Waals surface area contributed by atoms with Crippen molar-refractivity contribution in [1.82, 2.24) is 15.1 Å². The summed E-state index contributed by atoms with van der Waals surface area (Å²) in [4.78, 5) is 16.5. The number of carbonyl (C=O) groups is 1. The van der Waals surface area contributed by atoms with Crippen LogP contribution < -0.4 is 5.32 Å². The molecule has 2 aliphatic rings. The second-order valence-corrected chi connectivity index (χ2v) is 6.86. The van der Waals surface area contributed by atoms with Crippen molar-refractivity contribution in [3.63, 3.8) is 0 Å². The van der Waals surface area contributed by atoms with Crippen LogP contribution in [-0.4, -0.2) is 72.7 Å². The lowest BCUT2D eigenvalue weighted by Crippen LogP contribution is -2.42. The molecule has 0 aromatic heterocycles. The molecule has 2 fully saturated rings. The summed E-state index contributed by atoms with van der Waals surface area (Å²) in [5.74, 6) is 0.890. The molecule has 1 amide bonds. The summed E-state index contributed by atoms with van der Waals surface area (Å²) in [6.45, 7) is 6.64. The van der Waals surface area contributed by atoms with Gasteiger partial charge in [0, 0.05) is 32.6 Å². The van der Waals surface area contributed by atoms with E-state index in [1.165, 1.54) is 6.42 Å². The minimum atomic E-state index is -0.246. The van der Waals surface area contributed by atoms with Crippen molar-refractivity contribution in [1.29, 1.82) is 0 Å². The van der Waals surface area contributed by atoms with E-state index in [0.717, 1.165) is 52.0 Å². The molecular formula is C16H31N3O2. The quantitative estimate of drug-likeness (QED) is 0.757. The maximum absolute atomic E-state index is 12.2. The van der Waals surface area contributed by atoms with Crippen LogP contribution in [0, 0.1) is 5.92 Å². The van der Waals surface area contributed by atoms with Gasteiger partial charge in [0.25, 0.3) is 0 Å². The maximum atomic E-state index is 12.2. The number of piperidine rings is 1. The number of rotatable bonds is 6. The maximum Gasteiger partial charge on any atom is 0.223 e. The van der Waals surface area contributed by atoms with E-state index in [0.29, 0.717) is 18.4 Å². The van der Waals surface area contributed by atoms with Crippen LogP contribution in [0.15, 0.2) is 0 Å². The van der Waals surface area contributed by atoms with E-state index in [2.05, 4.69) is 10.2 Å². The van der Waals surface area contributed by atoms with Crippen LogP contribution in [0.25, 0.3) is 0 Å². The molecule has 2 heterocycles. The summed E-state index contributed by atoms with van der Waals surface area (Å²) < 4.78 is 0. The molecule has 21 heavy (non-hydrogen) atoms. The van der Waals surface area contributed by atoms with Gasteiger partial charge in [0.1, 0.15) is 0 Å². The number of hydrogen-bond donors (Lipinski definition) is 2. The third-order valence-corrected chi connectivity index (χ3v) is 4.77. The van der Waals surface area contributed by atoms with Crippen molar-refractivity contribution in [3.05, 3.63) is 0 Å². The number of nitrogens with zero attached hydrogens (tertiary/aromatic N) is 2. The molecule has 122 valence electrons. The van der Waals surface area contributed by atoms with E-state index in [-0.39, 0.29) is 12.0 Å². The predicted octanol–water partition coefficient (Wildman–Crippen LogP) is 0.680. The van der Waals surface area contributed by atoms with Gasteiger partial charge in [-0.25, -0.2) is 0 Å². The Morgan fingerprint density at radius 2 is 2.10 bits per heavy atom. The van der Waals surface area contributed by atoms with E-state index in [1.54, 1.807) is 0 Å². The molecular weight excluding hydrogens is 266 g/mol. The molecule has 0 aliphatic carbocycles. The molecule has 2 atom stereocenters. The summed E-state index contributed by atoms with van der Waals surface area (Å²) in [6.07, 6.45) is 5.00. The Labute approximate surface area is 128 Å². The van der Waals surface area contributed by atoms with Crippen LogP contribution in [-0.2, 0) is 4.79 Å². The number of likely N-dealkylation sites (tertiary alicyclic amines) is 1. The van der Waals surface area contributed by atoms with Crippen molar-refractivity contribution >= 4 is 5.91 Å². The topological polar surface area (TPSA) is 55.8 Å². The summed E-state index contributed by atoms with van der Waals surface area (Å²) in [5, 5.41) is 12.8. The molecule has 0 aromatic rings. The Balaban J connectivity index is 1.66. The lowest BCUT2D eigenvalue weighted by molar-refractivity contribution is -0.131. The van der Waals surface area contributed by atoms with Gasteiger partial charge in [-0.3, -0.25) is 4.79 Å². The Hall–Kier alpha value is -0.650. The Kier molecular flexibility index (Phi) is 6.45. The van der Waals surface area contributed by atoms with E-state index in [1.807, 2.05) is 18.9 Å². The van der Waals surface area contributed by atoms with Gasteiger partial charge in [-0.15, -0.1) is 0 Å². The summed E-state index contributed by atoms with van der Waals surface area (Å²) in [6, 6.07) is 0.396. The Morgan fingerprint density at radius 1 is 1.38 bits per heavy atom. The molecule has 0 spiro atoms. The first-order chi connectivity index (χ1) is 10.0. The monoisotopic (exact) mass is 297 g/mol. The zero-order valence-corrected chi connectivity index (χ0v) is 13.6. The molecule has 2 unspecified atom stereocenters. The first-order valence-corrected chi connectivity index (χ1v) is 8.42. The number of aliphatic hydroxyl groups is 1. The highest BCUT2D eigenvalue weighted by Gasteiger charge is 2.24. The van der Waals surface area contributed by atoms with Crippen molar-refractivity contribution in [2.75, 3.05) is 39.8 Å². The molecule has 2 rings (SSSR count). The highest BCUT2D eigenvalue weighted by molar-refractivity contribution is 5.76. The molecule has 2 saturated heterocycles. The van der Waals surface area contributed by atoms with Gasteiger partial charge >= 0.3 is 0 Å². The highest BCUT2D eigenvalue weighted by Crippen LogP contribution is 2.19. The van der Waals surface area contributed by atoms with Gasteiger partial charge in [-0.1, -0.05) is 0 Å². The third-order valence-electron chi connectivity index (χ3n) is 4.77. The highest BCUT2D eigenvalue weighted by atomic mass is 16.3. The van der Waals surface area contributed by atoms with E-state index >= 15 is 0 Å². The van der Waals surface area contributed by atoms with Crippen LogP contribution >= 0.6 is 0 Å². The number of nitrogens with one attached hydrogen (secondary N) is 1. The van der Waals surface area contributed by atoms with Gasteiger partial charge in [-0.05, 0) is 58.2 Å². The second-order valence-electron chi connectivity index (χ2n) is 6.86. The van der Waals surface area contributed by atoms with Crippen molar-refractivity contribution < 1.29 is 9.90 Å². The third kappa shape index (κ3) is 5.57. The average molecular weight is 297 g/mol. The lowest BCUT2D eigenvalue weighted by atomic mass is 9.96. The van der Waals surface area contributed by atoms with E-state index in [4.69, 9.17) is 0 Å². The molecule has 5 nitrogen and oxygen atoms in total. The van der Waals surface area contributed by atoms with Crippen LogP contribution in [0.4, 0.5) is 0 Å². The zero-order valence-electron chi connectivity index (χ0n) is 13.6. The summed E-state index contributed by atoms with van der Waals surface area (Å²) in [5.41, 5.74) is 0. The lowest BCUT2D eigenvalue weighted by Gasteiger charge is -2.34. The zero-order chi connectivity index (χ0) is 15.2. The average Bonchev–Trinajstić information content (AvgIpc) is 2.93. The largest absolute Gasteiger partial charge is 0.392 e. The van der Waals surface area contributed by atoms with Crippen LogP contribution in [0.3, 0.4) is 0 Å². The minimum absolute atomic E-state index is 0.246. The van der Waals surface area contributed by atoms with Crippen LogP contribution in [0.2, 0.25) is 0 Å². The van der Waals surface area contributed by atoms with Gasteiger partial charge in [0.05, 0.1) is 6.10 Å². The van der Waals surface area contributed by atoms with Gasteiger partial charge in [0.15, 0.2) is 0 Å². The SMILES string of the molecule is CC(O)CN1CCC(CN(C)C(=O)CC2CCCN2)CC1. The summed E-state index contributed by atoms with van der Waals surface area (Å²) in [7, 11) is 1.94. The number of hydrogen-bond acceptors (Lipinski definition) is 4. The van der Waals surface area contributed by atoms with Gasteiger partial charge in [0.2, 0.25) is 5.91 Å². The van der Waals surface area contributed by atoms with Crippen molar-refractivity contribution in [2.24, 2.45) is 5.92 Å². The van der Waals surface area contributed by atoms with E-state index < -0.39 is 0 Å². The Morgan fingerprint density at radius 3 is 2.67 bits per heavy atom.